The molecular formula is C11H10BrN3S. The number of hydrogen-bond donors (Lipinski definition) is 1. The van der Waals surface area contributed by atoms with E-state index in [1.54, 1.807) is 6.20 Å². The average Bonchev–Trinajstić information content (AvgIpc) is 2.64. The standard InChI is InChI=1S/C11H10BrN3S/c1-7-14-4-5-15(7)10-3-2-8(12)6-9(10)11(13)16/h2-6H,1H3,(H2,13,16). The summed E-state index contributed by atoms with van der Waals surface area (Å²) in [7, 11) is 0. The van der Waals surface area contributed by atoms with Crippen molar-refractivity contribution in [2.24, 2.45) is 5.73 Å². The van der Waals surface area contributed by atoms with Gasteiger partial charge in [0.2, 0.25) is 0 Å². The van der Waals surface area contributed by atoms with Crippen LogP contribution in [0, 0.1) is 6.92 Å². The van der Waals surface area contributed by atoms with Crippen molar-refractivity contribution in [1.82, 2.24) is 9.55 Å². The van der Waals surface area contributed by atoms with Gasteiger partial charge in [-0.15, -0.1) is 0 Å². The Balaban J connectivity index is 2.65. The third kappa shape index (κ3) is 2.01. The fourth-order valence-electron chi connectivity index (χ4n) is 1.55. The topological polar surface area (TPSA) is 43.8 Å². The van der Waals surface area contributed by atoms with Gasteiger partial charge < -0.3 is 10.3 Å². The quantitative estimate of drug-likeness (QED) is 0.866. The summed E-state index contributed by atoms with van der Waals surface area (Å²) in [4.78, 5) is 4.56. The first-order valence-corrected chi connectivity index (χ1v) is 5.89. The molecule has 0 saturated carbocycles. The lowest BCUT2D eigenvalue weighted by Crippen LogP contribution is -2.13. The van der Waals surface area contributed by atoms with Crippen molar-refractivity contribution < 1.29 is 0 Å². The van der Waals surface area contributed by atoms with Crippen molar-refractivity contribution in [1.29, 1.82) is 0 Å². The van der Waals surface area contributed by atoms with Crippen molar-refractivity contribution in [2.45, 2.75) is 6.92 Å². The molecule has 1 aromatic heterocycles. The molecule has 0 atom stereocenters. The van der Waals surface area contributed by atoms with Crippen LogP contribution in [0.25, 0.3) is 5.69 Å². The van der Waals surface area contributed by atoms with Crippen molar-refractivity contribution in [2.75, 3.05) is 0 Å². The van der Waals surface area contributed by atoms with Crippen LogP contribution in [0.15, 0.2) is 35.1 Å². The van der Waals surface area contributed by atoms with Crippen LogP contribution in [0.2, 0.25) is 0 Å². The van der Waals surface area contributed by atoms with Gasteiger partial charge in [-0.05, 0) is 25.1 Å². The van der Waals surface area contributed by atoms with Gasteiger partial charge in [-0.2, -0.15) is 0 Å². The minimum absolute atomic E-state index is 0.379. The predicted octanol–water partition coefficient (Wildman–Crippen LogP) is 2.58. The molecule has 0 unspecified atom stereocenters. The van der Waals surface area contributed by atoms with E-state index >= 15 is 0 Å². The number of rotatable bonds is 2. The van der Waals surface area contributed by atoms with E-state index in [4.69, 9.17) is 18.0 Å². The maximum absolute atomic E-state index is 5.72. The summed E-state index contributed by atoms with van der Waals surface area (Å²) >= 11 is 8.46. The molecule has 0 amide bonds. The molecule has 0 aliphatic rings. The molecule has 2 rings (SSSR count). The number of benzene rings is 1. The molecule has 2 aromatic rings. The lowest BCUT2D eigenvalue weighted by molar-refractivity contribution is 0.972. The second kappa shape index (κ2) is 4.35. The second-order valence-electron chi connectivity index (χ2n) is 3.37. The van der Waals surface area contributed by atoms with Crippen LogP contribution in [-0.2, 0) is 0 Å². The molecule has 1 aromatic carbocycles. The summed E-state index contributed by atoms with van der Waals surface area (Å²) in [5, 5.41) is 0. The zero-order valence-corrected chi connectivity index (χ0v) is 11.0. The molecule has 16 heavy (non-hydrogen) atoms. The van der Waals surface area contributed by atoms with E-state index in [1.807, 2.05) is 35.9 Å². The van der Waals surface area contributed by atoms with Gasteiger partial charge in [0.15, 0.2) is 0 Å². The van der Waals surface area contributed by atoms with Gasteiger partial charge in [0.05, 0.1) is 5.69 Å². The maximum atomic E-state index is 5.72. The molecule has 0 fully saturated rings. The van der Waals surface area contributed by atoms with E-state index < -0.39 is 0 Å². The molecule has 0 bridgehead atoms. The molecule has 0 saturated heterocycles. The second-order valence-corrected chi connectivity index (χ2v) is 4.73. The molecule has 1 heterocycles. The molecule has 5 heteroatoms. The number of thiocarbonyl (C=S) groups is 1. The Kier molecular flexibility index (Phi) is 3.07. The number of hydrogen-bond acceptors (Lipinski definition) is 2. The van der Waals surface area contributed by atoms with Gasteiger partial charge in [0, 0.05) is 22.4 Å². The van der Waals surface area contributed by atoms with E-state index in [-0.39, 0.29) is 0 Å². The maximum Gasteiger partial charge on any atom is 0.110 e. The number of aryl methyl sites for hydroxylation is 1. The Labute approximate surface area is 107 Å². The van der Waals surface area contributed by atoms with Crippen molar-refractivity contribution in [3.05, 3.63) is 46.5 Å². The van der Waals surface area contributed by atoms with Crippen LogP contribution >= 0.6 is 28.1 Å². The van der Waals surface area contributed by atoms with Crippen LogP contribution in [0.1, 0.15) is 11.4 Å². The zero-order valence-electron chi connectivity index (χ0n) is 8.64. The number of imidazole rings is 1. The van der Waals surface area contributed by atoms with Gasteiger partial charge in [-0.25, -0.2) is 4.98 Å². The highest BCUT2D eigenvalue weighted by Gasteiger charge is 2.09. The summed E-state index contributed by atoms with van der Waals surface area (Å²) in [5.74, 6) is 0.903. The highest BCUT2D eigenvalue weighted by Crippen LogP contribution is 2.21. The third-order valence-electron chi connectivity index (χ3n) is 2.31. The smallest absolute Gasteiger partial charge is 0.110 e. The largest absolute Gasteiger partial charge is 0.389 e. The van der Waals surface area contributed by atoms with Gasteiger partial charge in [0.1, 0.15) is 10.8 Å². The summed E-state index contributed by atoms with van der Waals surface area (Å²) in [5.41, 5.74) is 7.50. The highest BCUT2D eigenvalue weighted by molar-refractivity contribution is 9.10. The van der Waals surface area contributed by atoms with Crippen LogP contribution in [-0.4, -0.2) is 14.5 Å². The SMILES string of the molecule is Cc1nccn1-c1ccc(Br)cc1C(N)=S. The summed E-state index contributed by atoms with van der Waals surface area (Å²) in [6.45, 7) is 1.94. The summed E-state index contributed by atoms with van der Waals surface area (Å²) in [6.07, 6.45) is 3.64. The molecule has 82 valence electrons. The minimum atomic E-state index is 0.379. The molecule has 0 radical (unpaired) electrons. The fourth-order valence-corrected chi connectivity index (χ4v) is 2.07. The van der Waals surface area contributed by atoms with Gasteiger partial charge in [0.25, 0.3) is 0 Å². The first-order valence-electron chi connectivity index (χ1n) is 4.69. The van der Waals surface area contributed by atoms with E-state index in [0.29, 0.717) is 4.99 Å². The van der Waals surface area contributed by atoms with Gasteiger partial charge in [-0.1, -0.05) is 28.1 Å². The third-order valence-corrected chi connectivity index (χ3v) is 3.02. The first-order chi connectivity index (χ1) is 7.59. The number of halogens is 1. The van der Waals surface area contributed by atoms with E-state index in [1.165, 1.54) is 0 Å². The van der Waals surface area contributed by atoms with Gasteiger partial charge in [-0.3, -0.25) is 0 Å². The van der Waals surface area contributed by atoms with Gasteiger partial charge >= 0.3 is 0 Å². The molecule has 0 aliphatic carbocycles. The molecule has 0 spiro atoms. The van der Waals surface area contributed by atoms with Crippen molar-refractivity contribution in [3.8, 4) is 5.69 Å². The number of nitrogens with zero attached hydrogens (tertiary/aromatic N) is 2. The van der Waals surface area contributed by atoms with Crippen molar-refractivity contribution >= 4 is 33.1 Å². The Morgan fingerprint density at radius 2 is 2.25 bits per heavy atom. The van der Waals surface area contributed by atoms with E-state index in [9.17, 15) is 0 Å². The average molecular weight is 296 g/mol. The van der Waals surface area contributed by atoms with Crippen LogP contribution in [0.5, 0.6) is 0 Å². The highest BCUT2D eigenvalue weighted by atomic mass is 79.9. The predicted molar refractivity (Wildman–Crippen MR) is 71.9 cm³/mol. The molecule has 3 nitrogen and oxygen atoms in total. The number of aromatic nitrogens is 2. The Morgan fingerprint density at radius 3 is 2.81 bits per heavy atom. The van der Waals surface area contributed by atoms with Crippen LogP contribution in [0.3, 0.4) is 0 Å². The first kappa shape index (κ1) is 11.3. The van der Waals surface area contributed by atoms with Crippen molar-refractivity contribution in [3.63, 3.8) is 0 Å². The monoisotopic (exact) mass is 295 g/mol. The fraction of sp³-hybridized carbons (Fsp3) is 0.0909. The lowest BCUT2D eigenvalue weighted by atomic mass is 10.1. The molecule has 2 N–H and O–H groups in total. The summed E-state index contributed by atoms with van der Waals surface area (Å²) < 4.78 is 2.91. The summed E-state index contributed by atoms with van der Waals surface area (Å²) in [6, 6.07) is 5.83. The molecule has 0 aliphatic heterocycles. The Morgan fingerprint density at radius 1 is 1.50 bits per heavy atom. The van der Waals surface area contributed by atoms with Crippen LogP contribution in [0.4, 0.5) is 0 Å². The lowest BCUT2D eigenvalue weighted by Gasteiger charge is -2.11. The molecular weight excluding hydrogens is 286 g/mol. The Bertz CT molecular complexity index is 548. The van der Waals surface area contributed by atoms with Crippen LogP contribution < -0.4 is 5.73 Å². The minimum Gasteiger partial charge on any atom is -0.389 e. The Hall–Kier alpha value is -1.20. The van der Waals surface area contributed by atoms with E-state index in [2.05, 4.69) is 20.9 Å². The zero-order chi connectivity index (χ0) is 11.7. The normalized spacial score (nSPS) is 10.4. The number of nitrogens with two attached hydrogens (primary N) is 1. The van der Waals surface area contributed by atoms with E-state index in [0.717, 1.165) is 21.5 Å².